The molecule has 36 heavy (non-hydrogen) atoms. The fourth-order valence-corrected chi connectivity index (χ4v) is 4.82. The fraction of sp³-hybridized carbons (Fsp3) is 0.333. The van der Waals surface area contributed by atoms with Crippen molar-refractivity contribution in [3.05, 3.63) is 76.9 Å². The zero-order valence-electron chi connectivity index (χ0n) is 20.6. The van der Waals surface area contributed by atoms with E-state index in [0.717, 1.165) is 22.4 Å². The van der Waals surface area contributed by atoms with Gasteiger partial charge in [-0.25, -0.2) is 9.97 Å². The van der Waals surface area contributed by atoms with Crippen LogP contribution < -0.4 is 0 Å². The molecule has 9 heteroatoms. The molecule has 0 unspecified atom stereocenters. The normalized spacial score (nSPS) is 15.1. The highest BCUT2D eigenvalue weighted by atomic mass is 35.5. The molecule has 3 aromatic heterocycles. The Morgan fingerprint density at radius 1 is 1.11 bits per heavy atom. The Bertz CT molecular complexity index is 1350. The maximum absolute atomic E-state index is 13.1. The van der Waals surface area contributed by atoms with Crippen LogP contribution >= 0.6 is 11.6 Å². The Morgan fingerprint density at radius 2 is 1.86 bits per heavy atom. The van der Waals surface area contributed by atoms with E-state index in [1.807, 2.05) is 48.0 Å². The monoisotopic (exact) mass is 505 g/mol. The van der Waals surface area contributed by atoms with E-state index in [0.29, 0.717) is 55.0 Å². The minimum absolute atomic E-state index is 0.114. The number of ether oxygens (including phenoxy) is 1. The van der Waals surface area contributed by atoms with Crippen LogP contribution in [-0.4, -0.2) is 57.9 Å². The zero-order chi connectivity index (χ0) is 25.3. The van der Waals surface area contributed by atoms with Gasteiger partial charge in [-0.1, -0.05) is 41.9 Å². The third kappa shape index (κ3) is 4.66. The summed E-state index contributed by atoms with van der Waals surface area (Å²) in [5.41, 5.74) is 4.72. The summed E-state index contributed by atoms with van der Waals surface area (Å²) in [5.74, 6) is 0.566. The Balaban J connectivity index is 1.37. The minimum atomic E-state index is -0.556. The molecule has 1 saturated heterocycles. The molecule has 4 aromatic rings. The number of carbonyl (C=O) groups excluding carboxylic acids is 1. The van der Waals surface area contributed by atoms with E-state index in [2.05, 4.69) is 15.1 Å². The van der Waals surface area contributed by atoms with E-state index < -0.39 is 5.41 Å². The Labute approximate surface area is 214 Å². The number of carbonyl (C=O) groups is 1. The molecule has 1 aliphatic rings. The number of nitrogens with zero attached hydrogens (tertiary/aromatic N) is 5. The summed E-state index contributed by atoms with van der Waals surface area (Å²) in [4.78, 5) is 23.6. The first-order chi connectivity index (χ1) is 17.4. The number of hydrogen-bond donors (Lipinski definition) is 0. The average molecular weight is 506 g/mol. The molecule has 0 atom stereocenters. The molecule has 186 valence electrons. The van der Waals surface area contributed by atoms with Crippen LogP contribution in [0.2, 0.25) is 5.15 Å². The summed E-state index contributed by atoms with van der Waals surface area (Å²) in [7, 11) is 3.61. The molecule has 0 spiro atoms. The van der Waals surface area contributed by atoms with Crippen LogP contribution in [0.25, 0.3) is 22.8 Å². The second-order valence-electron chi connectivity index (χ2n) is 9.33. The van der Waals surface area contributed by atoms with Crippen LogP contribution in [0.15, 0.2) is 59.3 Å². The number of aromatic nitrogens is 4. The maximum Gasteiger partial charge on any atom is 0.247 e. The van der Waals surface area contributed by atoms with Gasteiger partial charge in [-0.3, -0.25) is 9.48 Å². The van der Waals surface area contributed by atoms with Gasteiger partial charge in [0.05, 0.1) is 12.0 Å². The van der Waals surface area contributed by atoms with Gasteiger partial charge in [-0.05, 0) is 43.0 Å². The molecule has 1 fully saturated rings. The van der Waals surface area contributed by atoms with E-state index in [-0.39, 0.29) is 5.91 Å². The Kier molecular flexibility index (Phi) is 6.64. The van der Waals surface area contributed by atoms with Crippen molar-refractivity contribution in [2.24, 2.45) is 0 Å². The standard InChI is InChI=1S/C27H28ClN5O3/c1-18-14-22(31-33(18)16-19-4-9-24(28)29-15-19)25-30-23(17-36-25)20-5-7-21(8-6-20)27(26(34)32(2)3)10-12-35-13-11-27/h4-9,14-15,17H,10-13,16H2,1-3H3. The van der Waals surface area contributed by atoms with Crippen LogP contribution in [0.5, 0.6) is 0 Å². The highest BCUT2D eigenvalue weighted by molar-refractivity contribution is 6.29. The number of pyridine rings is 1. The number of hydrogen-bond acceptors (Lipinski definition) is 6. The highest BCUT2D eigenvalue weighted by Crippen LogP contribution is 2.37. The second kappa shape index (κ2) is 9.87. The number of rotatable bonds is 6. The lowest BCUT2D eigenvalue weighted by atomic mass is 9.73. The first-order valence-electron chi connectivity index (χ1n) is 11.9. The number of aryl methyl sites for hydroxylation is 1. The summed E-state index contributed by atoms with van der Waals surface area (Å²) in [6.07, 6.45) is 4.72. The lowest BCUT2D eigenvalue weighted by Gasteiger charge is -2.38. The molecule has 0 saturated carbocycles. The summed E-state index contributed by atoms with van der Waals surface area (Å²) in [6, 6.07) is 13.7. The molecular formula is C27H28ClN5O3. The molecule has 0 bridgehead atoms. The van der Waals surface area contributed by atoms with E-state index in [4.69, 9.17) is 20.8 Å². The van der Waals surface area contributed by atoms with Crippen molar-refractivity contribution < 1.29 is 13.9 Å². The molecule has 1 aromatic carbocycles. The SMILES string of the molecule is Cc1cc(-c2nc(-c3ccc(C4(C(=O)N(C)C)CCOCC4)cc3)co2)nn1Cc1ccc(Cl)nc1. The molecule has 1 aliphatic heterocycles. The lowest BCUT2D eigenvalue weighted by Crippen LogP contribution is -2.47. The maximum atomic E-state index is 13.1. The van der Waals surface area contributed by atoms with Gasteiger partial charge in [0, 0.05) is 44.8 Å². The highest BCUT2D eigenvalue weighted by Gasteiger charge is 2.42. The lowest BCUT2D eigenvalue weighted by molar-refractivity contribution is -0.138. The predicted molar refractivity (Wildman–Crippen MR) is 137 cm³/mol. The van der Waals surface area contributed by atoms with Crippen molar-refractivity contribution in [1.82, 2.24) is 24.6 Å². The summed E-state index contributed by atoms with van der Waals surface area (Å²) in [5, 5.41) is 5.13. The first kappa shape index (κ1) is 24.2. The van der Waals surface area contributed by atoms with Gasteiger partial charge in [0.2, 0.25) is 11.8 Å². The van der Waals surface area contributed by atoms with Gasteiger partial charge in [-0.2, -0.15) is 5.10 Å². The topological polar surface area (TPSA) is 86.3 Å². The van der Waals surface area contributed by atoms with Gasteiger partial charge in [-0.15, -0.1) is 0 Å². The van der Waals surface area contributed by atoms with Gasteiger partial charge < -0.3 is 14.1 Å². The molecule has 5 rings (SSSR count). The molecule has 0 N–H and O–H groups in total. The number of amides is 1. The van der Waals surface area contributed by atoms with E-state index in [1.165, 1.54) is 0 Å². The zero-order valence-corrected chi connectivity index (χ0v) is 21.3. The van der Waals surface area contributed by atoms with E-state index in [9.17, 15) is 4.79 Å². The third-order valence-electron chi connectivity index (χ3n) is 6.72. The molecule has 0 aliphatic carbocycles. The number of benzene rings is 1. The largest absolute Gasteiger partial charge is 0.443 e. The van der Waals surface area contributed by atoms with Gasteiger partial charge in [0.25, 0.3) is 0 Å². The summed E-state index contributed by atoms with van der Waals surface area (Å²) >= 11 is 5.89. The Morgan fingerprint density at radius 3 is 2.53 bits per heavy atom. The van der Waals surface area contributed by atoms with Gasteiger partial charge >= 0.3 is 0 Å². The molecule has 0 radical (unpaired) electrons. The number of oxazole rings is 1. The van der Waals surface area contributed by atoms with Crippen molar-refractivity contribution in [2.45, 2.75) is 31.7 Å². The summed E-state index contributed by atoms with van der Waals surface area (Å²) in [6.45, 7) is 3.72. The predicted octanol–water partition coefficient (Wildman–Crippen LogP) is 4.75. The van der Waals surface area contributed by atoms with Crippen molar-refractivity contribution in [1.29, 1.82) is 0 Å². The van der Waals surface area contributed by atoms with Crippen molar-refractivity contribution in [2.75, 3.05) is 27.3 Å². The van der Waals surface area contributed by atoms with Crippen molar-refractivity contribution in [3.63, 3.8) is 0 Å². The number of likely N-dealkylation sites (N-methyl/N-ethyl adjacent to an activating group) is 1. The number of halogens is 1. The van der Waals surface area contributed by atoms with E-state index in [1.54, 1.807) is 37.5 Å². The van der Waals surface area contributed by atoms with Crippen LogP contribution in [0.4, 0.5) is 0 Å². The van der Waals surface area contributed by atoms with Crippen LogP contribution in [0, 0.1) is 6.92 Å². The first-order valence-corrected chi connectivity index (χ1v) is 12.2. The van der Waals surface area contributed by atoms with Crippen LogP contribution in [-0.2, 0) is 21.5 Å². The molecule has 4 heterocycles. The van der Waals surface area contributed by atoms with Crippen LogP contribution in [0.3, 0.4) is 0 Å². The Hall–Kier alpha value is -3.49. The third-order valence-corrected chi connectivity index (χ3v) is 6.94. The second-order valence-corrected chi connectivity index (χ2v) is 9.71. The molecular weight excluding hydrogens is 478 g/mol. The average Bonchev–Trinajstić information content (AvgIpc) is 3.52. The van der Waals surface area contributed by atoms with Crippen molar-refractivity contribution >= 4 is 17.5 Å². The van der Waals surface area contributed by atoms with Gasteiger partial charge in [0.15, 0.2) is 0 Å². The quantitative estimate of drug-likeness (QED) is 0.352. The van der Waals surface area contributed by atoms with E-state index >= 15 is 0 Å². The smallest absolute Gasteiger partial charge is 0.247 e. The summed E-state index contributed by atoms with van der Waals surface area (Å²) < 4.78 is 13.2. The van der Waals surface area contributed by atoms with Gasteiger partial charge in [0.1, 0.15) is 22.8 Å². The minimum Gasteiger partial charge on any atom is -0.443 e. The molecule has 1 amide bonds. The van der Waals surface area contributed by atoms with Crippen LogP contribution in [0.1, 0.15) is 29.7 Å². The fourth-order valence-electron chi connectivity index (χ4n) is 4.71. The van der Waals surface area contributed by atoms with Crippen molar-refractivity contribution in [3.8, 4) is 22.8 Å². The molecule has 8 nitrogen and oxygen atoms in total.